The number of benzene rings is 2. The third kappa shape index (κ3) is 2.04. The summed E-state index contributed by atoms with van der Waals surface area (Å²) in [5.41, 5.74) is 0.182. The van der Waals surface area contributed by atoms with Gasteiger partial charge in [0.05, 0.1) is 11.0 Å². The van der Waals surface area contributed by atoms with Gasteiger partial charge in [0.25, 0.3) is 0 Å². The summed E-state index contributed by atoms with van der Waals surface area (Å²) in [6.07, 6.45) is -0.439. The molecule has 0 saturated heterocycles. The summed E-state index contributed by atoms with van der Waals surface area (Å²) < 4.78 is 45.9. The largest absolute Gasteiger partial charge is 0.463 e. The van der Waals surface area contributed by atoms with Crippen molar-refractivity contribution in [2.24, 2.45) is 0 Å². The van der Waals surface area contributed by atoms with Gasteiger partial charge in [0.15, 0.2) is 0 Å². The lowest BCUT2D eigenvalue weighted by molar-refractivity contribution is -0.137. The van der Waals surface area contributed by atoms with Crippen molar-refractivity contribution in [2.75, 3.05) is 11.9 Å². The fraction of sp³-hybridized carbons (Fsp3) is 0.300. The molecule has 2 aliphatic heterocycles. The lowest BCUT2D eigenvalue weighted by Crippen LogP contribution is -2.58. The number of likely N-dealkylation sites (N-methyl/N-ethyl adjacent to an activating group) is 1. The van der Waals surface area contributed by atoms with E-state index >= 15 is 0 Å². The second kappa shape index (κ2) is 4.81. The number of para-hydroxylation sites is 1. The first-order chi connectivity index (χ1) is 11.7. The number of ether oxygens (including phenoxy) is 1. The van der Waals surface area contributed by atoms with Crippen molar-refractivity contribution in [3.05, 3.63) is 65.2 Å². The van der Waals surface area contributed by atoms with Crippen molar-refractivity contribution in [3.63, 3.8) is 0 Å². The van der Waals surface area contributed by atoms with Crippen LogP contribution >= 0.6 is 0 Å². The molecule has 5 heteroatoms. The molecule has 2 aromatic rings. The van der Waals surface area contributed by atoms with E-state index < -0.39 is 22.9 Å². The van der Waals surface area contributed by atoms with Crippen molar-refractivity contribution in [2.45, 2.75) is 31.2 Å². The summed E-state index contributed by atoms with van der Waals surface area (Å²) in [6.45, 7) is 3.85. The first-order valence-electron chi connectivity index (χ1n) is 8.10. The van der Waals surface area contributed by atoms with E-state index in [2.05, 4.69) is 0 Å². The quantitative estimate of drug-likeness (QED) is 0.648. The van der Waals surface area contributed by atoms with Crippen molar-refractivity contribution in [3.8, 4) is 5.75 Å². The van der Waals surface area contributed by atoms with Crippen molar-refractivity contribution in [1.82, 2.24) is 0 Å². The molecule has 2 nitrogen and oxygen atoms in total. The van der Waals surface area contributed by atoms with Gasteiger partial charge in [0.2, 0.25) is 5.72 Å². The van der Waals surface area contributed by atoms with Crippen LogP contribution < -0.4 is 9.64 Å². The standard InChI is InChI=1S/C20H18F3NO/c1-18(2)15-12-14(20(21,22)23)8-9-16(15)24(3)19(18)11-10-13-6-4-5-7-17(13)25-19/h4-12H,1-3H3. The lowest BCUT2D eigenvalue weighted by Gasteiger charge is -2.45. The molecule has 0 aliphatic carbocycles. The second-order valence-corrected chi connectivity index (χ2v) is 7.08. The van der Waals surface area contributed by atoms with Crippen molar-refractivity contribution in [1.29, 1.82) is 0 Å². The van der Waals surface area contributed by atoms with Gasteiger partial charge >= 0.3 is 6.18 Å². The summed E-state index contributed by atoms with van der Waals surface area (Å²) in [5.74, 6) is 0.730. The van der Waals surface area contributed by atoms with E-state index in [1.54, 1.807) is 0 Å². The maximum absolute atomic E-state index is 13.2. The number of hydrogen-bond acceptors (Lipinski definition) is 2. The first kappa shape index (κ1) is 16.1. The van der Waals surface area contributed by atoms with Crippen LogP contribution in [0.4, 0.5) is 18.9 Å². The molecule has 2 aliphatic rings. The van der Waals surface area contributed by atoms with Gasteiger partial charge in [-0.2, -0.15) is 13.2 Å². The van der Waals surface area contributed by atoms with E-state index in [-0.39, 0.29) is 0 Å². The predicted octanol–water partition coefficient (Wildman–Crippen LogP) is 5.23. The number of hydrogen-bond donors (Lipinski definition) is 0. The SMILES string of the molecule is CN1c2ccc(C(F)(F)F)cc2C(C)(C)C12C=Cc1ccccc1O2. The third-order valence-corrected chi connectivity index (χ3v) is 5.43. The van der Waals surface area contributed by atoms with Gasteiger partial charge in [-0.05, 0) is 55.8 Å². The molecule has 0 N–H and O–H groups in total. The number of halogens is 3. The fourth-order valence-electron chi connectivity index (χ4n) is 3.93. The summed E-state index contributed by atoms with van der Waals surface area (Å²) >= 11 is 0. The normalized spacial score (nSPS) is 23.4. The van der Waals surface area contributed by atoms with E-state index in [1.165, 1.54) is 12.1 Å². The summed E-state index contributed by atoms with van der Waals surface area (Å²) in [4.78, 5) is 1.93. The van der Waals surface area contributed by atoms with Gasteiger partial charge in [0, 0.05) is 18.3 Å². The molecule has 4 rings (SSSR count). The predicted molar refractivity (Wildman–Crippen MR) is 91.7 cm³/mol. The zero-order valence-corrected chi connectivity index (χ0v) is 14.2. The average molecular weight is 345 g/mol. The summed E-state index contributed by atoms with van der Waals surface area (Å²) in [7, 11) is 1.86. The molecule has 130 valence electrons. The molecule has 0 saturated carbocycles. The van der Waals surface area contributed by atoms with Crippen LogP contribution in [0.15, 0.2) is 48.5 Å². The highest BCUT2D eigenvalue weighted by Crippen LogP contribution is 2.55. The number of rotatable bonds is 0. The molecule has 0 aromatic heterocycles. The van der Waals surface area contributed by atoms with Gasteiger partial charge in [0.1, 0.15) is 5.75 Å². The van der Waals surface area contributed by atoms with Crippen LogP contribution in [0.2, 0.25) is 0 Å². The molecule has 1 spiro atoms. The first-order valence-corrected chi connectivity index (χ1v) is 8.10. The van der Waals surface area contributed by atoms with Crippen LogP contribution in [0.1, 0.15) is 30.5 Å². The molecule has 0 amide bonds. The van der Waals surface area contributed by atoms with Crippen LogP contribution in [0.5, 0.6) is 5.75 Å². The van der Waals surface area contributed by atoms with Gasteiger partial charge in [-0.25, -0.2) is 0 Å². The van der Waals surface area contributed by atoms with Gasteiger partial charge in [-0.15, -0.1) is 0 Å². The highest BCUT2D eigenvalue weighted by molar-refractivity contribution is 5.72. The molecule has 1 atom stereocenters. The zero-order valence-electron chi connectivity index (χ0n) is 14.2. The lowest BCUT2D eigenvalue weighted by atomic mass is 9.76. The summed E-state index contributed by atoms with van der Waals surface area (Å²) in [5, 5.41) is 0. The molecular weight excluding hydrogens is 327 g/mol. The number of alkyl halides is 3. The van der Waals surface area contributed by atoms with E-state index in [0.717, 1.165) is 23.1 Å². The van der Waals surface area contributed by atoms with Gasteiger partial charge in [-0.3, -0.25) is 0 Å². The van der Waals surface area contributed by atoms with E-state index in [4.69, 9.17) is 4.74 Å². The molecule has 2 heterocycles. The highest BCUT2D eigenvalue weighted by Gasteiger charge is 2.58. The second-order valence-electron chi connectivity index (χ2n) is 7.08. The molecule has 0 bridgehead atoms. The molecule has 0 radical (unpaired) electrons. The Labute approximate surface area is 144 Å². The monoisotopic (exact) mass is 345 g/mol. The Morgan fingerprint density at radius 1 is 1.04 bits per heavy atom. The Kier molecular flexibility index (Phi) is 3.09. The van der Waals surface area contributed by atoms with Crippen molar-refractivity contribution >= 4 is 11.8 Å². The van der Waals surface area contributed by atoms with Crippen LogP contribution in [-0.4, -0.2) is 12.8 Å². The minimum absolute atomic E-state index is 0.633. The Morgan fingerprint density at radius 2 is 1.76 bits per heavy atom. The van der Waals surface area contributed by atoms with E-state index in [9.17, 15) is 13.2 Å². The smallest absolute Gasteiger partial charge is 0.416 e. The van der Waals surface area contributed by atoms with E-state index in [0.29, 0.717) is 5.56 Å². The molecule has 2 aromatic carbocycles. The number of anilines is 1. The van der Waals surface area contributed by atoms with Crippen LogP contribution in [-0.2, 0) is 11.6 Å². The minimum Gasteiger partial charge on any atom is -0.463 e. The van der Waals surface area contributed by atoms with Crippen molar-refractivity contribution < 1.29 is 17.9 Å². The van der Waals surface area contributed by atoms with Crippen LogP contribution in [0, 0.1) is 0 Å². The topological polar surface area (TPSA) is 12.5 Å². The van der Waals surface area contributed by atoms with Gasteiger partial charge in [-0.1, -0.05) is 18.2 Å². The van der Waals surface area contributed by atoms with E-state index in [1.807, 2.05) is 62.2 Å². The fourth-order valence-corrected chi connectivity index (χ4v) is 3.93. The van der Waals surface area contributed by atoms with Crippen LogP contribution in [0.3, 0.4) is 0 Å². The molecule has 1 unspecified atom stereocenters. The minimum atomic E-state index is -4.37. The maximum Gasteiger partial charge on any atom is 0.416 e. The third-order valence-electron chi connectivity index (χ3n) is 5.43. The summed E-state index contributed by atoms with van der Waals surface area (Å²) in [6, 6.07) is 11.6. The van der Waals surface area contributed by atoms with Crippen LogP contribution in [0.25, 0.3) is 6.08 Å². The Hall–Kier alpha value is -2.43. The number of nitrogens with zero attached hydrogens (tertiary/aromatic N) is 1. The Bertz CT molecular complexity index is 885. The zero-order chi connectivity index (χ0) is 18.0. The molecular formula is C20H18F3NO. The Morgan fingerprint density at radius 3 is 2.48 bits per heavy atom. The molecule has 0 fully saturated rings. The Balaban J connectivity index is 1.88. The number of fused-ring (bicyclic) bond motifs is 2. The average Bonchev–Trinajstić information content (AvgIpc) is 2.73. The maximum atomic E-state index is 13.2. The highest BCUT2D eigenvalue weighted by atomic mass is 19.4. The molecule has 25 heavy (non-hydrogen) atoms. The van der Waals surface area contributed by atoms with Gasteiger partial charge < -0.3 is 9.64 Å².